The molecule has 0 bridgehead atoms. The van der Waals surface area contributed by atoms with Crippen LogP contribution in [0.3, 0.4) is 0 Å². The maximum Gasteiger partial charge on any atom is 0.147 e. The number of methoxy groups -OCH3 is 1. The van der Waals surface area contributed by atoms with Crippen molar-refractivity contribution >= 4 is 27.1 Å². The predicted octanol–water partition coefficient (Wildman–Crippen LogP) is 2.20. The number of ether oxygens (including phenoxy) is 1. The van der Waals surface area contributed by atoms with Gasteiger partial charge >= 0.3 is 0 Å². The zero-order valence-electron chi connectivity index (χ0n) is 9.86. The van der Waals surface area contributed by atoms with Gasteiger partial charge < -0.3 is 10.1 Å². The Morgan fingerprint density at radius 1 is 1.41 bits per heavy atom. The van der Waals surface area contributed by atoms with Crippen molar-refractivity contribution in [1.29, 1.82) is 0 Å². The molecular formula is C11H16ClNO3S. The summed E-state index contributed by atoms with van der Waals surface area (Å²) in [6.45, 7) is 0.556. The van der Waals surface area contributed by atoms with Gasteiger partial charge in [0.2, 0.25) is 0 Å². The lowest BCUT2D eigenvalue weighted by atomic mass is 10.3. The predicted molar refractivity (Wildman–Crippen MR) is 70.8 cm³/mol. The van der Waals surface area contributed by atoms with Crippen molar-refractivity contribution in [3.05, 3.63) is 23.2 Å². The van der Waals surface area contributed by atoms with E-state index in [9.17, 15) is 8.42 Å². The molecule has 0 radical (unpaired) electrons. The number of hydrogen-bond acceptors (Lipinski definition) is 4. The first-order valence-corrected chi connectivity index (χ1v) is 7.61. The maximum absolute atomic E-state index is 10.9. The number of anilines is 1. The van der Waals surface area contributed by atoms with E-state index in [0.717, 1.165) is 5.69 Å². The third kappa shape index (κ3) is 5.28. The zero-order valence-corrected chi connectivity index (χ0v) is 11.4. The Bertz CT molecular complexity index is 474. The van der Waals surface area contributed by atoms with Crippen molar-refractivity contribution in [3.8, 4) is 5.75 Å². The molecule has 0 saturated carbocycles. The van der Waals surface area contributed by atoms with Crippen molar-refractivity contribution in [3.63, 3.8) is 0 Å². The standard InChI is InChI=1S/C11H16ClNO3S/c1-16-9-4-5-10(12)11(8-9)13-6-3-7-17(2,14)15/h4-5,8,13H,3,6-7H2,1-2H3. The Hall–Kier alpha value is -0.940. The Morgan fingerprint density at radius 2 is 2.12 bits per heavy atom. The van der Waals surface area contributed by atoms with Gasteiger partial charge in [-0.05, 0) is 18.6 Å². The highest BCUT2D eigenvalue weighted by Gasteiger charge is 2.04. The van der Waals surface area contributed by atoms with Crippen LogP contribution in [0.4, 0.5) is 5.69 Å². The SMILES string of the molecule is COc1ccc(Cl)c(NCCCS(C)(=O)=O)c1. The normalized spacial score (nSPS) is 11.2. The van der Waals surface area contributed by atoms with Crippen molar-refractivity contribution in [2.45, 2.75) is 6.42 Å². The fourth-order valence-electron chi connectivity index (χ4n) is 1.32. The molecule has 0 fully saturated rings. The van der Waals surface area contributed by atoms with Gasteiger partial charge in [0.25, 0.3) is 0 Å². The van der Waals surface area contributed by atoms with Crippen LogP contribution in [0.15, 0.2) is 18.2 Å². The molecule has 17 heavy (non-hydrogen) atoms. The van der Waals surface area contributed by atoms with E-state index in [1.165, 1.54) is 6.26 Å². The van der Waals surface area contributed by atoms with E-state index in [1.54, 1.807) is 25.3 Å². The van der Waals surface area contributed by atoms with E-state index < -0.39 is 9.84 Å². The molecule has 0 aliphatic carbocycles. The largest absolute Gasteiger partial charge is 0.497 e. The molecule has 0 aromatic heterocycles. The molecule has 1 N–H and O–H groups in total. The number of benzene rings is 1. The smallest absolute Gasteiger partial charge is 0.147 e. The average Bonchev–Trinajstić information content (AvgIpc) is 2.25. The zero-order chi connectivity index (χ0) is 12.9. The Labute approximate surface area is 107 Å². The lowest BCUT2D eigenvalue weighted by molar-refractivity contribution is 0.415. The first kappa shape index (κ1) is 14.1. The topological polar surface area (TPSA) is 55.4 Å². The summed E-state index contributed by atoms with van der Waals surface area (Å²) >= 11 is 5.99. The van der Waals surface area contributed by atoms with E-state index in [1.807, 2.05) is 0 Å². The molecule has 1 aromatic carbocycles. The number of sulfone groups is 1. The van der Waals surface area contributed by atoms with Crippen LogP contribution in [-0.2, 0) is 9.84 Å². The van der Waals surface area contributed by atoms with Gasteiger partial charge in [-0.1, -0.05) is 11.6 Å². The summed E-state index contributed by atoms with van der Waals surface area (Å²) in [6, 6.07) is 5.28. The van der Waals surface area contributed by atoms with Crippen LogP contribution in [0, 0.1) is 0 Å². The second-order valence-corrected chi connectivity index (χ2v) is 6.42. The molecule has 4 nitrogen and oxygen atoms in total. The minimum absolute atomic E-state index is 0.168. The molecule has 0 spiro atoms. The molecule has 6 heteroatoms. The van der Waals surface area contributed by atoms with Crippen LogP contribution in [0.1, 0.15) is 6.42 Å². The summed E-state index contributed by atoms with van der Waals surface area (Å²) in [5, 5.41) is 3.67. The molecule has 0 heterocycles. The highest BCUT2D eigenvalue weighted by Crippen LogP contribution is 2.26. The number of halogens is 1. The first-order valence-electron chi connectivity index (χ1n) is 5.17. The van der Waals surface area contributed by atoms with Crippen LogP contribution in [0.2, 0.25) is 5.02 Å². The Morgan fingerprint density at radius 3 is 2.71 bits per heavy atom. The molecule has 0 amide bonds. The highest BCUT2D eigenvalue weighted by atomic mass is 35.5. The monoisotopic (exact) mass is 277 g/mol. The second-order valence-electron chi connectivity index (χ2n) is 3.76. The Kier molecular flexibility index (Phi) is 5.08. The van der Waals surface area contributed by atoms with Gasteiger partial charge in [-0.2, -0.15) is 0 Å². The van der Waals surface area contributed by atoms with Gasteiger partial charge in [-0.3, -0.25) is 0 Å². The van der Waals surface area contributed by atoms with E-state index >= 15 is 0 Å². The molecule has 0 atom stereocenters. The maximum atomic E-state index is 10.9. The summed E-state index contributed by atoms with van der Waals surface area (Å²) in [4.78, 5) is 0. The van der Waals surface area contributed by atoms with Crippen molar-refractivity contribution < 1.29 is 13.2 Å². The van der Waals surface area contributed by atoms with E-state index in [4.69, 9.17) is 16.3 Å². The quantitative estimate of drug-likeness (QED) is 0.810. The fourth-order valence-corrected chi connectivity index (χ4v) is 2.18. The van der Waals surface area contributed by atoms with Gasteiger partial charge in [-0.25, -0.2) is 8.42 Å². The molecule has 0 saturated heterocycles. The molecule has 0 aliphatic rings. The highest BCUT2D eigenvalue weighted by molar-refractivity contribution is 7.90. The molecule has 1 rings (SSSR count). The lowest BCUT2D eigenvalue weighted by Gasteiger charge is -2.09. The average molecular weight is 278 g/mol. The summed E-state index contributed by atoms with van der Waals surface area (Å²) in [6.07, 6.45) is 1.78. The molecule has 96 valence electrons. The number of hydrogen-bond donors (Lipinski definition) is 1. The van der Waals surface area contributed by atoms with Crippen LogP contribution >= 0.6 is 11.6 Å². The summed E-state index contributed by atoms with van der Waals surface area (Å²) in [7, 11) is -1.32. The molecule has 1 aromatic rings. The van der Waals surface area contributed by atoms with Crippen LogP contribution in [-0.4, -0.2) is 34.1 Å². The van der Waals surface area contributed by atoms with Crippen molar-refractivity contribution in [2.75, 3.05) is 31.0 Å². The molecular weight excluding hydrogens is 262 g/mol. The van der Waals surface area contributed by atoms with Crippen LogP contribution < -0.4 is 10.1 Å². The van der Waals surface area contributed by atoms with Gasteiger partial charge in [0.05, 0.1) is 23.6 Å². The van der Waals surface area contributed by atoms with Gasteiger partial charge in [0.15, 0.2) is 0 Å². The fraction of sp³-hybridized carbons (Fsp3) is 0.455. The lowest BCUT2D eigenvalue weighted by Crippen LogP contribution is -2.09. The summed E-state index contributed by atoms with van der Waals surface area (Å²) < 4.78 is 26.9. The Balaban J connectivity index is 2.51. The van der Waals surface area contributed by atoms with Crippen molar-refractivity contribution in [1.82, 2.24) is 0 Å². The van der Waals surface area contributed by atoms with E-state index in [-0.39, 0.29) is 5.75 Å². The minimum atomic E-state index is -2.90. The van der Waals surface area contributed by atoms with Gasteiger partial charge in [0, 0.05) is 18.9 Å². The third-order valence-electron chi connectivity index (χ3n) is 2.18. The molecule has 0 unspecified atom stereocenters. The summed E-state index contributed by atoms with van der Waals surface area (Å²) in [5.74, 6) is 0.877. The van der Waals surface area contributed by atoms with E-state index in [0.29, 0.717) is 23.7 Å². The summed E-state index contributed by atoms with van der Waals surface area (Å²) in [5.41, 5.74) is 0.750. The third-order valence-corrected chi connectivity index (χ3v) is 3.54. The van der Waals surface area contributed by atoms with Gasteiger partial charge in [0.1, 0.15) is 15.6 Å². The number of rotatable bonds is 6. The van der Waals surface area contributed by atoms with Crippen LogP contribution in [0.25, 0.3) is 0 Å². The first-order chi connectivity index (χ1) is 7.92. The molecule has 0 aliphatic heterocycles. The minimum Gasteiger partial charge on any atom is -0.497 e. The van der Waals surface area contributed by atoms with Crippen LogP contribution in [0.5, 0.6) is 5.75 Å². The van der Waals surface area contributed by atoms with Gasteiger partial charge in [-0.15, -0.1) is 0 Å². The second kappa shape index (κ2) is 6.12. The van der Waals surface area contributed by atoms with Crippen molar-refractivity contribution in [2.24, 2.45) is 0 Å². The number of nitrogens with one attached hydrogen (secondary N) is 1. The van der Waals surface area contributed by atoms with E-state index in [2.05, 4.69) is 5.32 Å².